The van der Waals surface area contributed by atoms with Gasteiger partial charge in [0.1, 0.15) is 5.82 Å². The van der Waals surface area contributed by atoms with Crippen molar-refractivity contribution >= 4 is 23.4 Å². The monoisotopic (exact) mass is 244 g/mol. The Bertz CT molecular complexity index is 397. The minimum Gasteiger partial charge on any atom is -0.481 e. The average Bonchev–Trinajstić information content (AvgIpc) is 2.16. The van der Waals surface area contributed by atoms with Crippen LogP contribution in [0.4, 0.5) is 4.39 Å². The van der Waals surface area contributed by atoms with Crippen LogP contribution in [0.1, 0.15) is 29.6 Å². The van der Waals surface area contributed by atoms with E-state index >= 15 is 0 Å². The molecule has 1 N–H and O–H groups in total. The molecule has 0 unspecified atom stereocenters. The van der Waals surface area contributed by atoms with Crippen LogP contribution in [0.15, 0.2) is 18.2 Å². The molecular weight excluding hydrogens is 235 g/mol. The van der Waals surface area contributed by atoms with Crippen molar-refractivity contribution in [2.75, 3.05) is 0 Å². The largest absolute Gasteiger partial charge is 0.481 e. The summed E-state index contributed by atoms with van der Waals surface area (Å²) in [5, 5.41) is 8.45. The highest BCUT2D eigenvalue weighted by molar-refractivity contribution is 6.34. The smallest absolute Gasteiger partial charge is 0.303 e. The second kappa shape index (κ2) is 5.61. The molecule has 0 bridgehead atoms. The first-order valence-corrected chi connectivity index (χ1v) is 5.09. The summed E-state index contributed by atoms with van der Waals surface area (Å²) in [5.74, 6) is -2.12. The van der Waals surface area contributed by atoms with E-state index in [1.54, 1.807) is 0 Å². The molecule has 1 aromatic carbocycles. The fourth-order valence-electron chi connectivity index (χ4n) is 1.29. The number of carbonyl (C=O) groups is 2. The highest BCUT2D eigenvalue weighted by atomic mass is 35.5. The van der Waals surface area contributed by atoms with E-state index in [1.165, 1.54) is 12.1 Å². The minimum absolute atomic E-state index is 0.0209. The number of halogens is 2. The Kier molecular flexibility index (Phi) is 4.43. The molecule has 0 saturated heterocycles. The van der Waals surface area contributed by atoms with Crippen LogP contribution in [0.2, 0.25) is 5.02 Å². The number of carboxylic acid groups (broad SMARTS) is 1. The maximum atomic E-state index is 13.3. The predicted molar refractivity (Wildman–Crippen MR) is 57.2 cm³/mol. The van der Waals surface area contributed by atoms with Gasteiger partial charge in [-0.25, -0.2) is 4.39 Å². The van der Waals surface area contributed by atoms with E-state index in [2.05, 4.69) is 0 Å². The van der Waals surface area contributed by atoms with Gasteiger partial charge in [-0.3, -0.25) is 9.59 Å². The highest BCUT2D eigenvalue weighted by Crippen LogP contribution is 2.21. The zero-order chi connectivity index (χ0) is 12.1. The zero-order valence-electron chi connectivity index (χ0n) is 8.37. The third kappa shape index (κ3) is 3.31. The van der Waals surface area contributed by atoms with E-state index in [9.17, 15) is 14.0 Å². The van der Waals surface area contributed by atoms with Gasteiger partial charge >= 0.3 is 5.97 Å². The number of hydrogen-bond acceptors (Lipinski definition) is 2. The van der Waals surface area contributed by atoms with Crippen molar-refractivity contribution in [2.45, 2.75) is 19.3 Å². The van der Waals surface area contributed by atoms with Gasteiger partial charge in [-0.05, 0) is 18.6 Å². The summed E-state index contributed by atoms with van der Waals surface area (Å²) in [6.45, 7) is 0. The van der Waals surface area contributed by atoms with Crippen molar-refractivity contribution in [3.63, 3.8) is 0 Å². The van der Waals surface area contributed by atoms with Gasteiger partial charge in [-0.1, -0.05) is 17.7 Å². The Balaban J connectivity index is 2.70. The Morgan fingerprint density at radius 3 is 2.56 bits per heavy atom. The first-order chi connectivity index (χ1) is 7.52. The molecule has 0 saturated carbocycles. The number of hydrogen-bond donors (Lipinski definition) is 1. The molecule has 0 aromatic heterocycles. The first kappa shape index (κ1) is 12.6. The second-order valence-electron chi connectivity index (χ2n) is 3.27. The summed E-state index contributed by atoms with van der Waals surface area (Å²) in [7, 11) is 0. The lowest BCUT2D eigenvalue weighted by Crippen LogP contribution is -2.05. The highest BCUT2D eigenvalue weighted by Gasteiger charge is 2.15. The summed E-state index contributed by atoms with van der Waals surface area (Å²) in [6, 6.07) is 3.98. The van der Waals surface area contributed by atoms with Crippen molar-refractivity contribution < 1.29 is 19.1 Å². The van der Waals surface area contributed by atoms with Crippen LogP contribution in [-0.2, 0) is 4.79 Å². The molecule has 0 spiro atoms. The summed E-state index contributed by atoms with van der Waals surface area (Å²) in [6.07, 6.45) is 0.0452. The van der Waals surface area contributed by atoms with Crippen molar-refractivity contribution in [1.29, 1.82) is 0 Å². The number of carbonyl (C=O) groups excluding carboxylic acids is 1. The van der Waals surface area contributed by atoms with Crippen LogP contribution in [-0.4, -0.2) is 16.9 Å². The molecule has 16 heavy (non-hydrogen) atoms. The Morgan fingerprint density at radius 1 is 1.31 bits per heavy atom. The summed E-state index contributed by atoms with van der Waals surface area (Å²) >= 11 is 5.69. The van der Waals surface area contributed by atoms with Crippen LogP contribution >= 0.6 is 11.6 Å². The number of Topliss-reactive ketones (excluding diaryl/α,β-unsaturated/α-hetero) is 1. The zero-order valence-corrected chi connectivity index (χ0v) is 9.13. The predicted octanol–water partition coefficient (Wildman–Crippen LogP) is 2.92. The second-order valence-corrected chi connectivity index (χ2v) is 3.67. The van der Waals surface area contributed by atoms with Crippen molar-refractivity contribution in [2.24, 2.45) is 0 Å². The SMILES string of the molecule is O=C(O)CCCC(=O)c1c(F)cccc1Cl. The topological polar surface area (TPSA) is 54.4 Å². The molecule has 0 aliphatic rings. The molecule has 0 aliphatic carbocycles. The first-order valence-electron chi connectivity index (χ1n) is 4.71. The van der Waals surface area contributed by atoms with E-state index in [1.807, 2.05) is 0 Å². The Labute approximate surface area is 96.8 Å². The van der Waals surface area contributed by atoms with Gasteiger partial charge in [0.2, 0.25) is 0 Å². The van der Waals surface area contributed by atoms with Gasteiger partial charge in [-0.2, -0.15) is 0 Å². The lowest BCUT2D eigenvalue weighted by Gasteiger charge is -2.03. The van der Waals surface area contributed by atoms with Crippen LogP contribution in [0, 0.1) is 5.82 Å². The molecule has 1 rings (SSSR count). The van der Waals surface area contributed by atoms with E-state index in [-0.39, 0.29) is 29.8 Å². The van der Waals surface area contributed by atoms with Crippen LogP contribution in [0.5, 0.6) is 0 Å². The van der Waals surface area contributed by atoms with Gasteiger partial charge < -0.3 is 5.11 Å². The maximum Gasteiger partial charge on any atom is 0.303 e. The fourth-order valence-corrected chi connectivity index (χ4v) is 1.56. The van der Waals surface area contributed by atoms with Crippen molar-refractivity contribution in [1.82, 2.24) is 0 Å². The standard InChI is InChI=1S/C11H10ClFO3/c12-7-3-1-4-8(13)11(7)9(14)5-2-6-10(15)16/h1,3-4H,2,5-6H2,(H,15,16). The van der Waals surface area contributed by atoms with Gasteiger partial charge in [0.15, 0.2) is 5.78 Å². The molecular formula is C11H10ClFO3. The van der Waals surface area contributed by atoms with E-state index in [0.717, 1.165) is 6.07 Å². The van der Waals surface area contributed by atoms with Crippen molar-refractivity contribution in [3.05, 3.63) is 34.6 Å². The Morgan fingerprint density at radius 2 is 2.00 bits per heavy atom. The fraction of sp³-hybridized carbons (Fsp3) is 0.273. The quantitative estimate of drug-likeness (QED) is 0.811. The number of aliphatic carboxylic acids is 1. The molecule has 0 amide bonds. The summed E-state index contributed by atoms with van der Waals surface area (Å²) < 4.78 is 13.3. The molecule has 0 atom stereocenters. The third-order valence-electron chi connectivity index (χ3n) is 2.04. The molecule has 3 nitrogen and oxygen atoms in total. The van der Waals surface area contributed by atoms with E-state index in [0.29, 0.717) is 0 Å². The molecule has 86 valence electrons. The molecule has 0 aliphatic heterocycles. The van der Waals surface area contributed by atoms with Gasteiger partial charge in [0.05, 0.1) is 10.6 Å². The van der Waals surface area contributed by atoms with Gasteiger partial charge in [-0.15, -0.1) is 0 Å². The van der Waals surface area contributed by atoms with Crippen LogP contribution in [0.3, 0.4) is 0 Å². The molecule has 1 aromatic rings. The normalized spacial score (nSPS) is 10.1. The number of ketones is 1. The minimum atomic E-state index is -0.979. The Hall–Kier alpha value is -1.42. The number of rotatable bonds is 5. The maximum absolute atomic E-state index is 13.3. The third-order valence-corrected chi connectivity index (χ3v) is 2.35. The number of carboxylic acids is 1. The lowest BCUT2D eigenvalue weighted by molar-refractivity contribution is -0.137. The molecule has 0 radical (unpaired) electrons. The van der Waals surface area contributed by atoms with Gasteiger partial charge in [0.25, 0.3) is 0 Å². The summed E-state index contributed by atoms with van der Waals surface area (Å²) in [5.41, 5.74) is -0.158. The lowest BCUT2D eigenvalue weighted by atomic mass is 10.0. The van der Waals surface area contributed by atoms with Crippen molar-refractivity contribution in [3.8, 4) is 0 Å². The molecule has 5 heteroatoms. The van der Waals surface area contributed by atoms with Crippen LogP contribution < -0.4 is 0 Å². The van der Waals surface area contributed by atoms with Crippen LogP contribution in [0.25, 0.3) is 0 Å². The average molecular weight is 245 g/mol. The van der Waals surface area contributed by atoms with E-state index in [4.69, 9.17) is 16.7 Å². The number of benzene rings is 1. The molecule has 0 fully saturated rings. The molecule has 0 heterocycles. The summed E-state index contributed by atoms with van der Waals surface area (Å²) in [4.78, 5) is 21.8. The van der Waals surface area contributed by atoms with Gasteiger partial charge in [0, 0.05) is 12.8 Å². The van der Waals surface area contributed by atoms with E-state index < -0.39 is 17.6 Å².